The van der Waals surface area contributed by atoms with Crippen LogP contribution >= 0.6 is 0 Å². The number of ether oxygens (including phenoxy) is 2. The van der Waals surface area contributed by atoms with Crippen LogP contribution in [0.4, 0.5) is 30.7 Å². The minimum atomic E-state index is -6.53. The maximum Gasteiger partial charge on any atom is 0.470 e. The van der Waals surface area contributed by atoms with Gasteiger partial charge in [-0.15, -0.1) is 0 Å². The number of rotatable bonds is 5. The molecule has 0 fully saturated rings. The molecule has 22 heavy (non-hydrogen) atoms. The summed E-state index contributed by atoms with van der Waals surface area (Å²) < 4.78 is 92.8. The Hall–Kier alpha value is -1.55. The molecule has 0 rings (SSSR count). The van der Waals surface area contributed by atoms with E-state index in [1.807, 2.05) is 0 Å². The molecule has 0 saturated heterocycles. The highest BCUT2D eigenvalue weighted by Crippen LogP contribution is 2.47. The van der Waals surface area contributed by atoms with Crippen molar-refractivity contribution < 1.29 is 49.8 Å². The summed E-state index contributed by atoms with van der Waals surface area (Å²) in [4.78, 5) is 22.3. The number of hydrogen-bond donors (Lipinski definition) is 0. The minimum absolute atomic E-state index is 0.221. The van der Waals surface area contributed by atoms with Crippen molar-refractivity contribution >= 4 is 11.9 Å². The van der Waals surface area contributed by atoms with Gasteiger partial charge in [-0.05, 0) is 20.3 Å². The van der Waals surface area contributed by atoms with E-state index in [-0.39, 0.29) is 6.42 Å². The van der Waals surface area contributed by atoms with Gasteiger partial charge in [0.25, 0.3) is 0 Å². The quantitative estimate of drug-likeness (QED) is 0.568. The molecule has 0 aromatic rings. The molecule has 11 heteroatoms. The zero-order valence-corrected chi connectivity index (χ0v) is 11.7. The van der Waals surface area contributed by atoms with E-state index in [1.165, 1.54) is 13.8 Å². The molecule has 0 aliphatic rings. The molecule has 0 aromatic carbocycles. The van der Waals surface area contributed by atoms with Gasteiger partial charge in [0.2, 0.25) is 0 Å². The minimum Gasteiger partial charge on any atom is -0.453 e. The van der Waals surface area contributed by atoms with E-state index in [1.54, 1.807) is 6.92 Å². The van der Waals surface area contributed by atoms with Crippen LogP contribution in [0.1, 0.15) is 27.2 Å². The van der Waals surface area contributed by atoms with Gasteiger partial charge in [-0.2, -0.15) is 30.7 Å². The second kappa shape index (κ2) is 6.29. The average Bonchev–Trinajstić information content (AvgIpc) is 2.32. The van der Waals surface area contributed by atoms with E-state index in [0.717, 1.165) is 0 Å². The van der Waals surface area contributed by atoms with Crippen molar-refractivity contribution in [2.45, 2.75) is 45.4 Å². The van der Waals surface area contributed by atoms with E-state index in [0.29, 0.717) is 0 Å². The molecule has 0 heterocycles. The highest BCUT2D eigenvalue weighted by Gasteiger charge is 2.76. The molecular weight excluding hydrogens is 329 g/mol. The maximum absolute atomic E-state index is 13.0. The van der Waals surface area contributed by atoms with Crippen LogP contribution in [0.25, 0.3) is 0 Å². The number of esters is 2. The fourth-order valence-electron chi connectivity index (χ4n) is 0.927. The molecule has 130 valence electrons. The molecular formula is C11H13F7O4. The summed E-state index contributed by atoms with van der Waals surface area (Å²) >= 11 is 0. The lowest BCUT2D eigenvalue weighted by atomic mass is 9.91. The standard InChI is InChI=1S/C11H13F7O4/c1-4-8(2,3)7(20)21-5-6(19)22-9(12,10(13,14)15)11(16,17)18/h4-5H2,1-3H3. The Bertz CT molecular complexity index is 411. The lowest BCUT2D eigenvalue weighted by Gasteiger charge is -2.29. The molecule has 0 amide bonds. The molecule has 0 radical (unpaired) electrons. The third kappa shape index (κ3) is 4.47. The SMILES string of the molecule is CCC(C)(C)C(=O)OCC(=O)OC(F)(C(F)(F)F)C(F)(F)F. The van der Waals surface area contributed by atoms with E-state index in [4.69, 9.17) is 0 Å². The van der Waals surface area contributed by atoms with Crippen molar-refractivity contribution in [2.24, 2.45) is 5.41 Å². The molecule has 0 saturated carbocycles. The van der Waals surface area contributed by atoms with Gasteiger partial charge in [0, 0.05) is 0 Å². The number of halogens is 7. The van der Waals surface area contributed by atoms with Crippen molar-refractivity contribution in [1.82, 2.24) is 0 Å². The van der Waals surface area contributed by atoms with Crippen LogP contribution in [0.3, 0.4) is 0 Å². The second-order valence-electron chi connectivity index (χ2n) is 4.88. The first-order valence-corrected chi connectivity index (χ1v) is 5.80. The van der Waals surface area contributed by atoms with Crippen LogP contribution < -0.4 is 0 Å². The Morgan fingerprint density at radius 1 is 0.909 bits per heavy atom. The third-order valence-corrected chi connectivity index (χ3v) is 2.74. The Balaban J connectivity index is 4.94. The van der Waals surface area contributed by atoms with Gasteiger partial charge in [-0.3, -0.25) is 4.79 Å². The van der Waals surface area contributed by atoms with Gasteiger partial charge in [0.1, 0.15) is 0 Å². The predicted molar refractivity (Wildman–Crippen MR) is 57.1 cm³/mol. The Kier molecular flexibility index (Phi) is 5.84. The molecule has 0 atom stereocenters. The topological polar surface area (TPSA) is 52.6 Å². The highest BCUT2D eigenvalue weighted by molar-refractivity contribution is 5.79. The summed E-state index contributed by atoms with van der Waals surface area (Å²) in [6, 6.07) is 0. The lowest BCUT2D eigenvalue weighted by molar-refractivity contribution is -0.417. The van der Waals surface area contributed by atoms with Crippen LogP contribution in [0, 0.1) is 5.41 Å². The van der Waals surface area contributed by atoms with Gasteiger partial charge >= 0.3 is 30.1 Å². The van der Waals surface area contributed by atoms with Gasteiger partial charge in [0.05, 0.1) is 5.41 Å². The normalized spacial score (nSPS) is 13.7. The van der Waals surface area contributed by atoms with E-state index in [9.17, 15) is 40.3 Å². The van der Waals surface area contributed by atoms with E-state index < -0.39 is 42.2 Å². The largest absolute Gasteiger partial charge is 0.470 e. The average molecular weight is 342 g/mol. The second-order valence-corrected chi connectivity index (χ2v) is 4.88. The number of hydrogen-bond acceptors (Lipinski definition) is 4. The maximum atomic E-state index is 13.0. The van der Waals surface area contributed by atoms with Gasteiger partial charge in [-0.25, -0.2) is 4.79 Å². The molecule has 0 unspecified atom stereocenters. The summed E-state index contributed by atoms with van der Waals surface area (Å²) in [5.74, 6) is -9.56. The van der Waals surface area contributed by atoms with Gasteiger partial charge in [0.15, 0.2) is 6.61 Å². The van der Waals surface area contributed by atoms with Crippen LogP contribution in [-0.2, 0) is 19.1 Å². The Morgan fingerprint density at radius 2 is 1.32 bits per heavy atom. The number of alkyl halides is 7. The zero-order valence-electron chi connectivity index (χ0n) is 11.7. The number of carbonyl (C=O) groups excluding carboxylic acids is 2. The smallest absolute Gasteiger partial charge is 0.453 e. The van der Waals surface area contributed by atoms with Crippen LogP contribution in [-0.4, -0.2) is 36.8 Å². The van der Waals surface area contributed by atoms with Crippen molar-refractivity contribution in [3.8, 4) is 0 Å². The van der Waals surface area contributed by atoms with Crippen LogP contribution in [0.5, 0.6) is 0 Å². The van der Waals surface area contributed by atoms with Crippen LogP contribution in [0.15, 0.2) is 0 Å². The van der Waals surface area contributed by atoms with Crippen molar-refractivity contribution in [3.05, 3.63) is 0 Å². The fraction of sp³-hybridized carbons (Fsp3) is 0.818. The molecule has 0 aliphatic heterocycles. The molecule has 4 nitrogen and oxygen atoms in total. The molecule has 0 aromatic heterocycles. The fourth-order valence-corrected chi connectivity index (χ4v) is 0.927. The van der Waals surface area contributed by atoms with E-state index >= 15 is 0 Å². The monoisotopic (exact) mass is 342 g/mol. The first kappa shape index (κ1) is 20.5. The van der Waals surface area contributed by atoms with E-state index in [2.05, 4.69) is 9.47 Å². The van der Waals surface area contributed by atoms with Crippen LogP contribution in [0.2, 0.25) is 0 Å². The first-order chi connectivity index (χ1) is 9.58. The predicted octanol–water partition coefficient (Wildman–Crippen LogP) is 3.30. The molecule has 0 spiro atoms. The Morgan fingerprint density at radius 3 is 1.64 bits per heavy atom. The van der Waals surface area contributed by atoms with Crippen molar-refractivity contribution in [2.75, 3.05) is 6.61 Å². The summed E-state index contributed by atoms with van der Waals surface area (Å²) in [5, 5.41) is 0. The van der Waals surface area contributed by atoms with Crippen molar-refractivity contribution in [3.63, 3.8) is 0 Å². The molecule has 0 bridgehead atoms. The Labute approximate surface area is 120 Å². The lowest BCUT2D eigenvalue weighted by Crippen LogP contribution is -2.56. The number of carbonyl (C=O) groups is 2. The van der Waals surface area contributed by atoms with Crippen molar-refractivity contribution in [1.29, 1.82) is 0 Å². The molecule has 0 N–H and O–H groups in total. The van der Waals surface area contributed by atoms with Gasteiger partial charge in [-0.1, -0.05) is 6.92 Å². The first-order valence-electron chi connectivity index (χ1n) is 5.80. The summed E-state index contributed by atoms with van der Waals surface area (Å²) in [6.07, 6.45) is -12.8. The summed E-state index contributed by atoms with van der Waals surface area (Å²) in [6.45, 7) is 2.71. The third-order valence-electron chi connectivity index (χ3n) is 2.74. The summed E-state index contributed by atoms with van der Waals surface area (Å²) in [5.41, 5.74) is -1.12. The highest BCUT2D eigenvalue weighted by atomic mass is 19.4. The van der Waals surface area contributed by atoms with Gasteiger partial charge < -0.3 is 9.47 Å². The summed E-state index contributed by atoms with van der Waals surface area (Å²) in [7, 11) is 0. The molecule has 0 aliphatic carbocycles. The zero-order chi connectivity index (χ0) is 18.0.